The molecule has 0 amide bonds. The second kappa shape index (κ2) is 6.06. The minimum atomic E-state index is 0.832. The standard InChI is InChI=1S/C13H22N2O/c1-2-5-14-8-12-3-6-15(9-12)10-13-4-7-16-11-13/h4,7,11-12,14H,2-3,5-6,8-10H2,1H3. The lowest BCUT2D eigenvalue weighted by Crippen LogP contribution is -2.26. The molecule has 90 valence electrons. The summed E-state index contributed by atoms with van der Waals surface area (Å²) in [5.74, 6) is 0.832. The summed E-state index contributed by atoms with van der Waals surface area (Å²) in [5, 5.41) is 3.51. The molecule has 0 aromatic carbocycles. The summed E-state index contributed by atoms with van der Waals surface area (Å²) in [5.41, 5.74) is 1.29. The highest BCUT2D eigenvalue weighted by molar-refractivity contribution is 5.05. The Morgan fingerprint density at radius 2 is 2.50 bits per heavy atom. The van der Waals surface area contributed by atoms with Crippen molar-refractivity contribution in [2.45, 2.75) is 26.3 Å². The quantitative estimate of drug-likeness (QED) is 0.747. The predicted molar refractivity (Wildman–Crippen MR) is 65.3 cm³/mol. The highest BCUT2D eigenvalue weighted by atomic mass is 16.3. The minimum Gasteiger partial charge on any atom is -0.472 e. The van der Waals surface area contributed by atoms with Gasteiger partial charge in [-0.1, -0.05) is 6.92 Å². The van der Waals surface area contributed by atoms with Crippen LogP contribution in [0.1, 0.15) is 25.3 Å². The molecule has 0 bridgehead atoms. The molecule has 2 heterocycles. The van der Waals surface area contributed by atoms with Gasteiger partial charge in [0.1, 0.15) is 0 Å². The van der Waals surface area contributed by atoms with Gasteiger partial charge in [-0.2, -0.15) is 0 Å². The Hall–Kier alpha value is -0.800. The second-order valence-electron chi connectivity index (χ2n) is 4.73. The van der Waals surface area contributed by atoms with E-state index in [0.717, 1.165) is 19.0 Å². The van der Waals surface area contributed by atoms with Crippen molar-refractivity contribution in [1.29, 1.82) is 0 Å². The van der Waals surface area contributed by atoms with E-state index in [1.807, 2.05) is 6.26 Å². The molecule has 1 aliphatic rings. The van der Waals surface area contributed by atoms with Crippen LogP contribution in [-0.4, -0.2) is 31.1 Å². The van der Waals surface area contributed by atoms with Gasteiger partial charge in [0, 0.05) is 18.7 Å². The molecule has 1 aromatic heterocycles. The zero-order chi connectivity index (χ0) is 11.2. The maximum Gasteiger partial charge on any atom is 0.0947 e. The first-order chi connectivity index (χ1) is 7.88. The van der Waals surface area contributed by atoms with Crippen molar-refractivity contribution in [3.8, 4) is 0 Å². The van der Waals surface area contributed by atoms with Crippen LogP contribution in [0.15, 0.2) is 23.0 Å². The topological polar surface area (TPSA) is 28.4 Å². The maximum absolute atomic E-state index is 5.09. The molecule has 3 nitrogen and oxygen atoms in total. The van der Waals surface area contributed by atoms with E-state index in [4.69, 9.17) is 4.42 Å². The first-order valence-corrected chi connectivity index (χ1v) is 6.32. The van der Waals surface area contributed by atoms with Gasteiger partial charge in [-0.3, -0.25) is 4.90 Å². The molecule has 16 heavy (non-hydrogen) atoms. The molecule has 3 heteroatoms. The molecule has 1 N–H and O–H groups in total. The Bertz CT molecular complexity index is 284. The Kier molecular flexibility index (Phi) is 4.43. The number of nitrogens with one attached hydrogen (secondary N) is 1. The van der Waals surface area contributed by atoms with Crippen LogP contribution in [-0.2, 0) is 6.54 Å². The third-order valence-corrected chi connectivity index (χ3v) is 3.22. The third-order valence-electron chi connectivity index (χ3n) is 3.22. The summed E-state index contributed by atoms with van der Waals surface area (Å²) in [7, 11) is 0. The first-order valence-electron chi connectivity index (χ1n) is 6.32. The van der Waals surface area contributed by atoms with Gasteiger partial charge >= 0.3 is 0 Å². The summed E-state index contributed by atoms with van der Waals surface area (Å²) in [6.07, 6.45) is 6.16. The van der Waals surface area contributed by atoms with Crippen molar-refractivity contribution in [3.63, 3.8) is 0 Å². The average Bonchev–Trinajstić information content (AvgIpc) is 2.91. The molecule has 1 atom stereocenters. The first kappa shape index (κ1) is 11.7. The zero-order valence-electron chi connectivity index (χ0n) is 10.1. The van der Waals surface area contributed by atoms with E-state index >= 15 is 0 Å². The fourth-order valence-corrected chi connectivity index (χ4v) is 2.35. The predicted octanol–water partition coefficient (Wildman–Crippen LogP) is 2.10. The minimum absolute atomic E-state index is 0.832. The van der Waals surface area contributed by atoms with E-state index in [-0.39, 0.29) is 0 Å². The second-order valence-corrected chi connectivity index (χ2v) is 4.73. The fourth-order valence-electron chi connectivity index (χ4n) is 2.35. The van der Waals surface area contributed by atoms with Gasteiger partial charge in [0.15, 0.2) is 0 Å². The number of nitrogens with zero attached hydrogens (tertiary/aromatic N) is 1. The van der Waals surface area contributed by atoms with Gasteiger partial charge in [-0.25, -0.2) is 0 Å². The summed E-state index contributed by atoms with van der Waals surface area (Å²) < 4.78 is 5.09. The van der Waals surface area contributed by atoms with E-state index in [9.17, 15) is 0 Å². The van der Waals surface area contributed by atoms with Gasteiger partial charge < -0.3 is 9.73 Å². The lowest BCUT2D eigenvalue weighted by atomic mass is 10.1. The van der Waals surface area contributed by atoms with Gasteiger partial charge in [0.2, 0.25) is 0 Å². The van der Waals surface area contributed by atoms with E-state index in [0.29, 0.717) is 0 Å². The molecule has 0 aliphatic carbocycles. The molecular formula is C13H22N2O. The Morgan fingerprint density at radius 1 is 1.56 bits per heavy atom. The van der Waals surface area contributed by atoms with Gasteiger partial charge in [0.25, 0.3) is 0 Å². The van der Waals surface area contributed by atoms with Crippen molar-refractivity contribution in [1.82, 2.24) is 10.2 Å². The van der Waals surface area contributed by atoms with Crippen molar-refractivity contribution in [2.75, 3.05) is 26.2 Å². The third kappa shape index (κ3) is 3.35. The van der Waals surface area contributed by atoms with Crippen LogP contribution in [0.4, 0.5) is 0 Å². The maximum atomic E-state index is 5.09. The van der Waals surface area contributed by atoms with Gasteiger partial charge in [-0.15, -0.1) is 0 Å². The largest absolute Gasteiger partial charge is 0.472 e. The van der Waals surface area contributed by atoms with Crippen LogP contribution in [0, 0.1) is 5.92 Å². The van der Waals surface area contributed by atoms with Crippen LogP contribution < -0.4 is 5.32 Å². The molecule has 1 saturated heterocycles. The summed E-state index contributed by atoms with van der Waals surface area (Å²) in [6, 6.07) is 2.06. The fraction of sp³-hybridized carbons (Fsp3) is 0.692. The van der Waals surface area contributed by atoms with E-state index in [2.05, 4.69) is 23.2 Å². The van der Waals surface area contributed by atoms with Crippen molar-refractivity contribution < 1.29 is 4.42 Å². The molecule has 0 saturated carbocycles. The Balaban J connectivity index is 1.67. The van der Waals surface area contributed by atoms with Crippen molar-refractivity contribution in [2.24, 2.45) is 5.92 Å². The van der Waals surface area contributed by atoms with Crippen LogP contribution in [0.5, 0.6) is 0 Å². The number of rotatable bonds is 6. The molecule has 1 aliphatic heterocycles. The smallest absolute Gasteiger partial charge is 0.0947 e. The molecule has 1 fully saturated rings. The van der Waals surface area contributed by atoms with Crippen LogP contribution >= 0.6 is 0 Å². The zero-order valence-corrected chi connectivity index (χ0v) is 10.1. The molecule has 1 aromatic rings. The summed E-state index contributed by atoms with van der Waals surface area (Å²) >= 11 is 0. The SMILES string of the molecule is CCCNCC1CCN(Cc2ccoc2)C1. The molecular weight excluding hydrogens is 200 g/mol. The number of hydrogen-bond donors (Lipinski definition) is 1. The normalized spacial score (nSPS) is 21.7. The van der Waals surface area contributed by atoms with Crippen LogP contribution in [0.2, 0.25) is 0 Å². The summed E-state index contributed by atoms with van der Waals surface area (Å²) in [6.45, 7) is 8.03. The Labute approximate surface area is 97.8 Å². The van der Waals surface area contributed by atoms with Gasteiger partial charge in [-0.05, 0) is 44.5 Å². The van der Waals surface area contributed by atoms with Crippen LogP contribution in [0.3, 0.4) is 0 Å². The number of hydrogen-bond acceptors (Lipinski definition) is 3. The molecule has 0 radical (unpaired) electrons. The van der Waals surface area contributed by atoms with E-state index < -0.39 is 0 Å². The highest BCUT2D eigenvalue weighted by Gasteiger charge is 2.21. The van der Waals surface area contributed by atoms with E-state index in [1.54, 1.807) is 6.26 Å². The summed E-state index contributed by atoms with van der Waals surface area (Å²) in [4.78, 5) is 2.52. The average molecular weight is 222 g/mol. The lowest BCUT2D eigenvalue weighted by Gasteiger charge is -2.15. The Morgan fingerprint density at radius 3 is 3.25 bits per heavy atom. The monoisotopic (exact) mass is 222 g/mol. The van der Waals surface area contributed by atoms with E-state index in [1.165, 1.54) is 38.0 Å². The van der Waals surface area contributed by atoms with Crippen molar-refractivity contribution in [3.05, 3.63) is 24.2 Å². The number of likely N-dealkylation sites (tertiary alicyclic amines) is 1. The molecule has 2 rings (SSSR count). The highest BCUT2D eigenvalue weighted by Crippen LogP contribution is 2.18. The van der Waals surface area contributed by atoms with Crippen molar-refractivity contribution >= 4 is 0 Å². The molecule has 1 unspecified atom stereocenters. The number of furan rings is 1. The lowest BCUT2D eigenvalue weighted by molar-refractivity contribution is 0.313. The van der Waals surface area contributed by atoms with Crippen LogP contribution in [0.25, 0.3) is 0 Å². The van der Waals surface area contributed by atoms with Gasteiger partial charge in [0.05, 0.1) is 12.5 Å². The molecule has 0 spiro atoms.